The summed E-state index contributed by atoms with van der Waals surface area (Å²) >= 11 is 0. The number of aryl methyl sites for hydroxylation is 1. The van der Waals surface area contributed by atoms with Crippen LogP contribution in [0.2, 0.25) is 0 Å². The molecule has 0 aliphatic rings. The Morgan fingerprint density at radius 2 is 1.93 bits per heavy atom. The van der Waals surface area contributed by atoms with Gasteiger partial charge in [-0.05, 0) is 36.8 Å². The lowest BCUT2D eigenvalue weighted by Gasteiger charge is -2.07. The number of anilines is 1. The van der Waals surface area contributed by atoms with Gasteiger partial charge < -0.3 is 5.32 Å². The van der Waals surface area contributed by atoms with Crippen LogP contribution in [0.15, 0.2) is 73.1 Å². The minimum atomic E-state index is -0.276. The minimum Gasteiger partial charge on any atom is -0.305 e. The van der Waals surface area contributed by atoms with Crippen molar-refractivity contribution in [2.75, 3.05) is 5.32 Å². The molecule has 0 bridgehead atoms. The third-order valence-electron chi connectivity index (χ3n) is 4.59. The van der Waals surface area contributed by atoms with E-state index in [4.69, 9.17) is 0 Å². The van der Waals surface area contributed by atoms with Crippen LogP contribution in [0, 0.1) is 12.7 Å². The smallest absolute Gasteiger partial charge is 0.256 e. The maximum absolute atomic E-state index is 13.9. The van der Waals surface area contributed by atoms with E-state index in [0.29, 0.717) is 30.0 Å². The van der Waals surface area contributed by atoms with Crippen LogP contribution < -0.4 is 5.32 Å². The molecule has 146 valence electrons. The summed E-state index contributed by atoms with van der Waals surface area (Å²) in [6.07, 6.45) is 3.59. The average Bonchev–Trinajstić information content (AvgIpc) is 3.33. The topological polar surface area (TPSA) is 64.7 Å². The second-order valence-corrected chi connectivity index (χ2v) is 6.78. The Kier molecular flexibility index (Phi) is 5.20. The molecule has 6 nitrogen and oxygen atoms in total. The SMILES string of the molecule is Cc1cc(NC(=O)c2cccc(Cn3cccn3)c2)nn1Cc1ccccc1F. The first-order chi connectivity index (χ1) is 14.1. The Labute approximate surface area is 167 Å². The van der Waals surface area contributed by atoms with Crippen LogP contribution in [0.1, 0.15) is 27.2 Å². The second-order valence-electron chi connectivity index (χ2n) is 6.78. The van der Waals surface area contributed by atoms with Gasteiger partial charge in [-0.2, -0.15) is 10.2 Å². The van der Waals surface area contributed by atoms with E-state index in [1.165, 1.54) is 6.07 Å². The van der Waals surface area contributed by atoms with Crippen LogP contribution in [0.5, 0.6) is 0 Å². The molecule has 2 aromatic heterocycles. The highest BCUT2D eigenvalue weighted by atomic mass is 19.1. The first kappa shape index (κ1) is 18.6. The highest BCUT2D eigenvalue weighted by molar-refractivity contribution is 6.03. The second kappa shape index (κ2) is 8.10. The molecule has 4 aromatic rings. The molecule has 7 heteroatoms. The van der Waals surface area contributed by atoms with E-state index >= 15 is 0 Å². The Balaban J connectivity index is 1.47. The van der Waals surface area contributed by atoms with E-state index in [1.54, 1.807) is 45.9 Å². The third-order valence-corrected chi connectivity index (χ3v) is 4.59. The lowest BCUT2D eigenvalue weighted by Crippen LogP contribution is -2.13. The number of nitrogens with one attached hydrogen (secondary N) is 1. The van der Waals surface area contributed by atoms with Crippen molar-refractivity contribution in [3.63, 3.8) is 0 Å². The van der Waals surface area contributed by atoms with Crippen LogP contribution >= 0.6 is 0 Å². The number of carbonyl (C=O) groups is 1. The van der Waals surface area contributed by atoms with Gasteiger partial charge in [-0.1, -0.05) is 30.3 Å². The molecule has 0 radical (unpaired) electrons. The standard InChI is InChI=1S/C22H20FN5O/c1-16-12-21(26-28(16)15-19-7-2-3-9-20(19)23)25-22(29)18-8-4-6-17(13-18)14-27-11-5-10-24-27/h2-13H,14-15H2,1H3,(H,25,26,29). The fraction of sp³-hybridized carbons (Fsp3) is 0.136. The highest BCUT2D eigenvalue weighted by Gasteiger charge is 2.12. The minimum absolute atomic E-state index is 0.247. The van der Waals surface area contributed by atoms with Gasteiger partial charge in [-0.25, -0.2) is 4.39 Å². The fourth-order valence-electron chi connectivity index (χ4n) is 3.10. The van der Waals surface area contributed by atoms with Crippen molar-refractivity contribution < 1.29 is 9.18 Å². The summed E-state index contributed by atoms with van der Waals surface area (Å²) in [5.41, 5.74) is 2.89. The molecule has 4 rings (SSSR count). The maximum Gasteiger partial charge on any atom is 0.256 e. The number of halogens is 1. The molecule has 1 amide bonds. The van der Waals surface area contributed by atoms with Crippen molar-refractivity contribution in [1.82, 2.24) is 19.6 Å². The molecule has 1 N–H and O–H groups in total. The zero-order chi connectivity index (χ0) is 20.2. The Bertz CT molecular complexity index is 1130. The Morgan fingerprint density at radius 3 is 2.72 bits per heavy atom. The van der Waals surface area contributed by atoms with E-state index in [2.05, 4.69) is 15.5 Å². The summed E-state index contributed by atoms with van der Waals surface area (Å²) < 4.78 is 17.4. The van der Waals surface area contributed by atoms with E-state index in [-0.39, 0.29) is 11.7 Å². The van der Waals surface area contributed by atoms with Crippen LogP contribution in [0.4, 0.5) is 10.2 Å². The number of rotatable bonds is 6. The zero-order valence-corrected chi connectivity index (χ0v) is 15.9. The number of benzene rings is 2. The summed E-state index contributed by atoms with van der Waals surface area (Å²) in [6.45, 7) is 2.76. The van der Waals surface area contributed by atoms with Gasteiger partial charge in [-0.3, -0.25) is 14.2 Å². The van der Waals surface area contributed by atoms with Gasteiger partial charge in [0, 0.05) is 35.3 Å². The predicted octanol–water partition coefficient (Wildman–Crippen LogP) is 3.88. The van der Waals surface area contributed by atoms with Gasteiger partial charge in [-0.15, -0.1) is 0 Å². The number of hydrogen-bond donors (Lipinski definition) is 1. The van der Waals surface area contributed by atoms with E-state index in [1.807, 2.05) is 37.4 Å². The summed E-state index contributed by atoms with van der Waals surface area (Å²) in [4.78, 5) is 12.7. The number of aromatic nitrogens is 4. The van der Waals surface area contributed by atoms with Crippen LogP contribution in [0.3, 0.4) is 0 Å². The fourth-order valence-corrected chi connectivity index (χ4v) is 3.10. The zero-order valence-electron chi connectivity index (χ0n) is 15.9. The largest absolute Gasteiger partial charge is 0.305 e. The first-order valence-electron chi connectivity index (χ1n) is 9.24. The lowest BCUT2D eigenvalue weighted by atomic mass is 10.1. The van der Waals surface area contributed by atoms with Crippen LogP contribution in [-0.2, 0) is 13.1 Å². The molecule has 0 saturated carbocycles. The number of carbonyl (C=O) groups excluding carboxylic acids is 1. The first-order valence-corrected chi connectivity index (χ1v) is 9.24. The van der Waals surface area contributed by atoms with E-state index in [0.717, 1.165) is 11.3 Å². The molecule has 0 unspecified atom stereocenters. The molecule has 0 atom stereocenters. The molecule has 2 heterocycles. The molecular weight excluding hydrogens is 369 g/mol. The quantitative estimate of drug-likeness (QED) is 0.544. The van der Waals surface area contributed by atoms with Gasteiger partial charge in [0.05, 0.1) is 13.1 Å². The Hall–Kier alpha value is -3.74. The van der Waals surface area contributed by atoms with Gasteiger partial charge in [0.2, 0.25) is 0 Å². The van der Waals surface area contributed by atoms with E-state index < -0.39 is 0 Å². The van der Waals surface area contributed by atoms with Gasteiger partial charge in [0.1, 0.15) is 5.82 Å². The molecule has 0 fully saturated rings. The third kappa shape index (κ3) is 4.40. The van der Waals surface area contributed by atoms with Gasteiger partial charge in [0.15, 0.2) is 5.82 Å². The predicted molar refractivity (Wildman–Crippen MR) is 108 cm³/mol. The molecule has 0 spiro atoms. The number of hydrogen-bond acceptors (Lipinski definition) is 3. The van der Waals surface area contributed by atoms with Crippen molar-refractivity contribution >= 4 is 11.7 Å². The highest BCUT2D eigenvalue weighted by Crippen LogP contribution is 2.15. The number of nitrogens with zero attached hydrogens (tertiary/aromatic N) is 4. The summed E-state index contributed by atoms with van der Waals surface area (Å²) in [5.74, 6) is -0.0915. The normalized spacial score (nSPS) is 10.8. The summed E-state index contributed by atoms with van der Waals surface area (Å²) in [6, 6.07) is 17.6. The molecule has 0 aliphatic heterocycles. The molecule has 29 heavy (non-hydrogen) atoms. The maximum atomic E-state index is 13.9. The van der Waals surface area contributed by atoms with E-state index in [9.17, 15) is 9.18 Å². The van der Waals surface area contributed by atoms with Crippen molar-refractivity contribution in [1.29, 1.82) is 0 Å². The van der Waals surface area contributed by atoms with Crippen LogP contribution in [-0.4, -0.2) is 25.5 Å². The van der Waals surface area contributed by atoms with Gasteiger partial charge >= 0.3 is 0 Å². The lowest BCUT2D eigenvalue weighted by molar-refractivity contribution is 0.102. The van der Waals surface area contributed by atoms with Crippen molar-refractivity contribution in [3.8, 4) is 0 Å². The molecular formula is C22H20FN5O. The van der Waals surface area contributed by atoms with Crippen molar-refractivity contribution in [3.05, 3.63) is 101 Å². The average molecular weight is 389 g/mol. The Morgan fingerprint density at radius 1 is 1.07 bits per heavy atom. The summed E-state index contributed by atoms with van der Waals surface area (Å²) in [7, 11) is 0. The van der Waals surface area contributed by atoms with Crippen molar-refractivity contribution in [2.45, 2.75) is 20.0 Å². The van der Waals surface area contributed by atoms with Crippen LogP contribution in [0.25, 0.3) is 0 Å². The molecule has 0 aliphatic carbocycles. The molecule has 0 saturated heterocycles. The van der Waals surface area contributed by atoms with Crippen molar-refractivity contribution in [2.24, 2.45) is 0 Å². The monoisotopic (exact) mass is 389 g/mol. The summed E-state index contributed by atoms with van der Waals surface area (Å²) in [5, 5.41) is 11.4. The number of amides is 1. The molecule has 2 aromatic carbocycles. The van der Waals surface area contributed by atoms with Gasteiger partial charge in [0.25, 0.3) is 5.91 Å².